The predicted octanol–water partition coefficient (Wildman–Crippen LogP) is 4.76. The highest BCUT2D eigenvalue weighted by molar-refractivity contribution is 4.86. The lowest BCUT2D eigenvalue weighted by Crippen LogP contribution is -2.39. The summed E-state index contributed by atoms with van der Waals surface area (Å²) in [4.78, 5) is 0. The normalized spacial score (nSPS) is 32.5. The molecule has 1 N–H and O–H groups in total. The van der Waals surface area contributed by atoms with Gasteiger partial charge in [0.2, 0.25) is 0 Å². The molecule has 0 aromatic carbocycles. The van der Waals surface area contributed by atoms with Crippen LogP contribution >= 0.6 is 0 Å². The molecule has 18 heavy (non-hydrogen) atoms. The highest BCUT2D eigenvalue weighted by atomic mass is 14.9. The van der Waals surface area contributed by atoms with Crippen molar-refractivity contribution in [1.29, 1.82) is 0 Å². The summed E-state index contributed by atoms with van der Waals surface area (Å²) in [5.74, 6) is 3.04. The first-order valence-corrected chi connectivity index (χ1v) is 8.49. The van der Waals surface area contributed by atoms with Gasteiger partial charge >= 0.3 is 0 Å². The van der Waals surface area contributed by atoms with Crippen molar-refractivity contribution in [2.75, 3.05) is 6.54 Å². The molecule has 2 saturated carbocycles. The first-order chi connectivity index (χ1) is 8.75. The van der Waals surface area contributed by atoms with Gasteiger partial charge < -0.3 is 5.32 Å². The Morgan fingerprint density at radius 1 is 0.944 bits per heavy atom. The van der Waals surface area contributed by atoms with Crippen molar-refractivity contribution in [1.82, 2.24) is 5.32 Å². The number of rotatable bonds is 6. The Morgan fingerprint density at radius 2 is 1.72 bits per heavy atom. The summed E-state index contributed by atoms with van der Waals surface area (Å²) >= 11 is 0. The fourth-order valence-electron chi connectivity index (χ4n) is 4.04. The maximum Gasteiger partial charge on any atom is 0.00699 e. The van der Waals surface area contributed by atoms with Crippen LogP contribution in [0, 0.1) is 17.8 Å². The van der Waals surface area contributed by atoms with Crippen molar-refractivity contribution in [3.63, 3.8) is 0 Å². The van der Waals surface area contributed by atoms with E-state index >= 15 is 0 Å². The van der Waals surface area contributed by atoms with Crippen molar-refractivity contribution in [3.8, 4) is 0 Å². The van der Waals surface area contributed by atoms with E-state index in [2.05, 4.69) is 19.2 Å². The van der Waals surface area contributed by atoms with Crippen LogP contribution in [0.2, 0.25) is 0 Å². The van der Waals surface area contributed by atoms with Gasteiger partial charge in [0, 0.05) is 6.04 Å². The zero-order valence-electron chi connectivity index (χ0n) is 12.6. The fourth-order valence-corrected chi connectivity index (χ4v) is 4.04. The molecule has 3 atom stereocenters. The van der Waals surface area contributed by atoms with Crippen LogP contribution in [0.15, 0.2) is 0 Å². The van der Waals surface area contributed by atoms with Crippen molar-refractivity contribution >= 4 is 0 Å². The van der Waals surface area contributed by atoms with E-state index < -0.39 is 0 Å². The van der Waals surface area contributed by atoms with Crippen LogP contribution in [0.5, 0.6) is 0 Å². The molecule has 0 heterocycles. The van der Waals surface area contributed by atoms with E-state index in [9.17, 15) is 0 Å². The molecule has 2 aliphatic rings. The maximum absolute atomic E-state index is 3.83. The Labute approximate surface area is 114 Å². The second-order valence-electron chi connectivity index (χ2n) is 7.16. The zero-order valence-corrected chi connectivity index (χ0v) is 12.6. The van der Waals surface area contributed by atoms with Crippen LogP contribution < -0.4 is 5.32 Å². The van der Waals surface area contributed by atoms with Gasteiger partial charge in [-0.1, -0.05) is 52.4 Å². The Morgan fingerprint density at radius 3 is 2.50 bits per heavy atom. The molecule has 0 aliphatic heterocycles. The van der Waals surface area contributed by atoms with Gasteiger partial charge in [0.05, 0.1) is 0 Å². The number of hydrogen-bond donors (Lipinski definition) is 1. The standard InChI is InChI=1S/C17H33N/c1-14(2)7-5-6-12-18-17-11-10-15-8-3-4-9-16(15)13-17/h14-18H,3-13H2,1-2H3. The Bertz CT molecular complexity index is 224. The lowest BCUT2D eigenvalue weighted by Gasteiger charge is -2.39. The molecule has 2 rings (SSSR count). The molecule has 0 radical (unpaired) electrons. The third kappa shape index (κ3) is 4.57. The Kier molecular flexibility index (Phi) is 6.01. The minimum Gasteiger partial charge on any atom is -0.314 e. The predicted molar refractivity (Wildman–Crippen MR) is 79.8 cm³/mol. The first kappa shape index (κ1) is 14.4. The second kappa shape index (κ2) is 7.53. The third-order valence-electron chi connectivity index (χ3n) is 5.18. The summed E-state index contributed by atoms with van der Waals surface area (Å²) in [7, 11) is 0. The van der Waals surface area contributed by atoms with Crippen LogP contribution in [0.3, 0.4) is 0 Å². The minimum absolute atomic E-state index is 0.850. The average molecular weight is 251 g/mol. The first-order valence-electron chi connectivity index (χ1n) is 8.49. The molecule has 0 saturated heterocycles. The summed E-state index contributed by atoms with van der Waals surface area (Å²) in [5.41, 5.74) is 0. The largest absolute Gasteiger partial charge is 0.314 e. The van der Waals surface area contributed by atoms with Gasteiger partial charge in [0.15, 0.2) is 0 Å². The fraction of sp³-hybridized carbons (Fsp3) is 1.00. The quantitative estimate of drug-likeness (QED) is 0.671. The van der Waals surface area contributed by atoms with E-state index in [1.807, 2.05) is 0 Å². The van der Waals surface area contributed by atoms with E-state index in [1.165, 1.54) is 70.8 Å². The summed E-state index contributed by atoms with van der Waals surface area (Å²) in [6.07, 6.45) is 14.7. The molecule has 2 fully saturated rings. The molecule has 0 amide bonds. The second-order valence-corrected chi connectivity index (χ2v) is 7.16. The molecule has 1 nitrogen and oxygen atoms in total. The third-order valence-corrected chi connectivity index (χ3v) is 5.18. The summed E-state index contributed by atoms with van der Waals surface area (Å²) in [5, 5.41) is 3.83. The van der Waals surface area contributed by atoms with Gasteiger partial charge in [-0.25, -0.2) is 0 Å². The summed E-state index contributed by atoms with van der Waals surface area (Å²) in [6, 6.07) is 0.850. The van der Waals surface area contributed by atoms with Gasteiger partial charge in [-0.05, 0) is 50.0 Å². The monoisotopic (exact) mass is 251 g/mol. The lowest BCUT2D eigenvalue weighted by atomic mass is 9.69. The lowest BCUT2D eigenvalue weighted by molar-refractivity contribution is 0.143. The topological polar surface area (TPSA) is 12.0 Å². The number of unbranched alkanes of at least 4 members (excludes halogenated alkanes) is 1. The van der Waals surface area contributed by atoms with E-state index in [-0.39, 0.29) is 0 Å². The maximum atomic E-state index is 3.83. The van der Waals surface area contributed by atoms with E-state index in [4.69, 9.17) is 0 Å². The summed E-state index contributed by atoms with van der Waals surface area (Å²) < 4.78 is 0. The molecule has 106 valence electrons. The van der Waals surface area contributed by atoms with Gasteiger partial charge in [0.25, 0.3) is 0 Å². The average Bonchev–Trinajstić information content (AvgIpc) is 2.38. The van der Waals surface area contributed by atoms with Crippen molar-refractivity contribution < 1.29 is 0 Å². The van der Waals surface area contributed by atoms with E-state index in [0.717, 1.165) is 23.8 Å². The molecular formula is C17H33N. The Hall–Kier alpha value is -0.0400. The van der Waals surface area contributed by atoms with Crippen molar-refractivity contribution in [2.45, 2.75) is 84.1 Å². The molecular weight excluding hydrogens is 218 g/mol. The van der Waals surface area contributed by atoms with Crippen molar-refractivity contribution in [3.05, 3.63) is 0 Å². The Balaban J connectivity index is 1.57. The number of fused-ring (bicyclic) bond motifs is 1. The highest BCUT2D eigenvalue weighted by Gasteiger charge is 2.31. The van der Waals surface area contributed by atoms with Gasteiger partial charge in [-0.3, -0.25) is 0 Å². The molecule has 0 aromatic heterocycles. The highest BCUT2D eigenvalue weighted by Crippen LogP contribution is 2.40. The van der Waals surface area contributed by atoms with Gasteiger partial charge in [-0.2, -0.15) is 0 Å². The summed E-state index contributed by atoms with van der Waals surface area (Å²) in [6.45, 7) is 5.92. The van der Waals surface area contributed by atoms with Crippen LogP contribution in [0.25, 0.3) is 0 Å². The molecule has 3 unspecified atom stereocenters. The number of hydrogen-bond acceptors (Lipinski definition) is 1. The van der Waals surface area contributed by atoms with E-state index in [1.54, 1.807) is 0 Å². The van der Waals surface area contributed by atoms with Crippen LogP contribution in [0.4, 0.5) is 0 Å². The smallest absolute Gasteiger partial charge is 0.00699 e. The molecule has 1 heteroatoms. The number of nitrogens with one attached hydrogen (secondary N) is 1. The van der Waals surface area contributed by atoms with Crippen molar-refractivity contribution in [2.24, 2.45) is 17.8 Å². The molecule has 0 aromatic rings. The van der Waals surface area contributed by atoms with Gasteiger partial charge in [-0.15, -0.1) is 0 Å². The minimum atomic E-state index is 0.850. The SMILES string of the molecule is CC(C)CCCCNC1CCC2CCCCC2C1. The van der Waals surface area contributed by atoms with Crippen LogP contribution in [-0.4, -0.2) is 12.6 Å². The van der Waals surface area contributed by atoms with Crippen LogP contribution in [-0.2, 0) is 0 Å². The van der Waals surface area contributed by atoms with E-state index in [0.29, 0.717) is 0 Å². The molecule has 0 spiro atoms. The van der Waals surface area contributed by atoms with Gasteiger partial charge in [0.1, 0.15) is 0 Å². The zero-order chi connectivity index (χ0) is 12.8. The molecule has 2 aliphatic carbocycles. The molecule has 0 bridgehead atoms. The van der Waals surface area contributed by atoms with Crippen LogP contribution in [0.1, 0.15) is 78.1 Å².